The van der Waals surface area contributed by atoms with Gasteiger partial charge >= 0.3 is 5.97 Å². The lowest BCUT2D eigenvalue weighted by Crippen LogP contribution is -2.09. The van der Waals surface area contributed by atoms with E-state index in [1.54, 1.807) is 13.0 Å². The van der Waals surface area contributed by atoms with Gasteiger partial charge in [-0.05, 0) is 31.7 Å². The summed E-state index contributed by atoms with van der Waals surface area (Å²) in [7, 11) is 3.17. The van der Waals surface area contributed by atoms with Crippen molar-refractivity contribution in [2.45, 2.75) is 13.5 Å². The standard InChI is InChI=1S/C15H17N3O3/c1-10-7-13(18-14(17-10)15(19)20-3)21-12-6-4-5-11(8-12)9-16-2/h4-8,16H,9H2,1-3H3. The molecule has 0 saturated carbocycles. The number of ether oxygens (including phenoxy) is 2. The number of rotatable bonds is 5. The Kier molecular flexibility index (Phi) is 4.84. The van der Waals surface area contributed by atoms with E-state index in [2.05, 4.69) is 20.0 Å². The highest BCUT2D eigenvalue weighted by atomic mass is 16.5. The van der Waals surface area contributed by atoms with Gasteiger partial charge in [-0.25, -0.2) is 9.78 Å². The van der Waals surface area contributed by atoms with E-state index in [4.69, 9.17) is 4.74 Å². The van der Waals surface area contributed by atoms with Crippen LogP contribution < -0.4 is 10.1 Å². The van der Waals surface area contributed by atoms with Gasteiger partial charge in [0.2, 0.25) is 11.7 Å². The summed E-state index contributed by atoms with van der Waals surface area (Å²) in [6, 6.07) is 9.29. The van der Waals surface area contributed by atoms with Crippen molar-refractivity contribution in [3.63, 3.8) is 0 Å². The number of nitrogens with zero attached hydrogens (tertiary/aromatic N) is 2. The maximum atomic E-state index is 11.5. The fourth-order valence-corrected chi connectivity index (χ4v) is 1.82. The molecule has 0 aliphatic rings. The number of carbonyl (C=O) groups excluding carboxylic acids is 1. The van der Waals surface area contributed by atoms with Crippen LogP contribution in [0, 0.1) is 6.92 Å². The maximum absolute atomic E-state index is 11.5. The van der Waals surface area contributed by atoms with Crippen LogP contribution in [-0.2, 0) is 11.3 Å². The third kappa shape index (κ3) is 4.00. The summed E-state index contributed by atoms with van der Waals surface area (Å²) >= 11 is 0. The van der Waals surface area contributed by atoms with Crippen LogP contribution in [0.15, 0.2) is 30.3 Å². The van der Waals surface area contributed by atoms with Gasteiger partial charge in [-0.3, -0.25) is 0 Å². The van der Waals surface area contributed by atoms with Crippen LogP contribution in [-0.4, -0.2) is 30.1 Å². The molecule has 0 bridgehead atoms. The molecule has 6 heteroatoms. The second-order valence-corrected chi connectivity index (χ2v) is 4.44. The van der Waals surface area contributed by atoms with Gasteiger partial charge in [0.25, 0.3) is 0 Å². The quantitative estimate of drug-likeness (QED) is 0.849. The SMILES string of the molecule is CNCc1cccc(Oc2cc(C)nc(C(=O)OC)n2)c1. The monoisotopic (exact) mass is 287 g/mol. The van der Waals surface area contributed by atoms with E-state index in [1.807, 2.05) is 31.3 Å². The third-order valence-corrected chi connectivity index (χ3v) is 2.70. The van der Waals surface area contributed by atoms with Crippen molar-refractivity contribution in [3.05, 3.63) is 47.4 Å². The molecule has 1 aromatic carbocycles. The first-order valence-corrected chi connectivity index (χ1v) is 6.47. The molecule has 0 unspecified atom stereocenters. The van der Waals surface area contributed by atoms with E-state index in [9.17, 15) is 4.79 Å². The molecule has 0 amide bonds. The molecule has 1 heterocycles. The Morgan fingerprint density at radius 2 is 2.10 bits per heavy atom. The van der Waals surface area contributed by atoms with Crippen LogP contribution in [0.2, 0.25) is 0 Å². The number of methoxy groups -OCH3 is 1. The lowest BCUT2D eigenvalue weighted by Gasteiger charge is -2.08. The Balaban J connectivity index is 2.24. The van der Waals surface area contributed by atoms with Gasteiger partial charge in [0.15, 0.2) is 0 Å². The van der Waals surface area contributed by atoms with Gasteiger partial charge in [-0.1, -0.05) is 12.1 Å². The molecule has 2 rings (SSSR count). The highest BCUT2D eigenvalue weighted by Crippen LogP contribution is 2.21. The van der Waals surface area contributed by atoms with Crippen LogP contribution in [0.3, 0.4) is 0 Å². The van der Waals surface area contributed by atoms with Crippen LogP contribution in [0.5, 0.6) is 11.6 Å². The number of hydrogen-bond donors (Lipinski definition) is 1. The van der Waals surface area contributed by atoms with Crippen molar-refractivity contribution in [3.8, 4) is 11.6 Å². The van der Waals surface area contributed by atoms with Crippen molar-refractivity contribution in [1.82, 2.24) is 15.3 Å². The first kappa shape index (κ1) is 14.9. The highest BCUT2D eigenvalue weighted by Gasteiger charge is 2.12. The second kappa shape index (κ2) is 6.81. The topological polar surface area (TPSA) is 73.3 Å². The zero-order valence-electron chi connectivity index (χ0n) is 12.2. The van der Waals surface area contributed by atoms with Crippen LogP contribution in [0.4, 0.5) is 0 Å². The summed E-state index contributed by atoms with van der Waals surface area (Å²) in [5.74, 6) is 0.354. The summed E-state index contributed by atoms with van der Waals surface area (Å²) in [4.78, 5) is 19.6. The van der Waals surface area contributed by atoms with Crippen LogP contribution >= 0.6 is 0 Å². The average molecular weight is 287 g/mol. The molecule has 2 aromatic rings. The van der Waals surface area contributed by atoms with Crippen molar-refractivity contribution < 1.29 is 14.3 Å². The predicted molar refractivity (Wildman–Crippen MR) is 77.4 cm³/mol. The lowest BCUT2D eigenvalue weighted by atomic mass is 10.2. The van der Waals surface area contributed by atoms with Gasteiger partial charge < -0.3 is 14.8 Å². The van der Waals surface area contributed by atoms with E-state index >= 15 is 0 Å². The minimum absolute atomic E-state index is 0.0149. The van der Waals surface area contributed by atoms with Crippen molar-refractivity contribution in [1.29, 1.82) is 0 Å². The Labute approximate surface area is 123 Å². The predicted octanol–water partition coefficient (Wildman–Crippen LogP) is 2.08. The van der Waals surface area contributed by atoms with Gasteiger partial charge in [0, 0.05) is 18.3 Å². The van der Waals surface area contributed by atoms with Crippen molar-refractivity contribution in [2.24, 2.45) is 0 Å². The summed E-state index contributed by atoms with van der Waals surface area (Å²) in [6.45, 7) is 2.51. The molecule has 21 heavy (non-hydrogen) atoms. The minimum Gasteiger partial charge on any atom is -0.463 e. The molecule has 0 radical (unpaired) electrons. The number of aryl methyl sites for hydroxylation is 1. The summed E-state index contributed by atoms with van der Waals surface area (Å²) in [5.41, 5.74) is 1.72. The summed E-state index contributed by atoms with van der Waals surface area (Å²) < 4.78 is 10.3. The van der Waals surface area contributed by atoms with Crippen LogP contribution in [0.1, 0.15) is 21.9 Å². The number of hydrogen-bond acceptors (Lipinski definition) is 6. The van der Waals surface area contributed by atoms with E-state index < -0.39 is 5.97 Å². The molecular weight excluding hydrogens is 270 g/mol. The summed E-state index contributed by atoms with van der Waals surface area (Å²) in [6.07, 6.45) is 0. The fourth-order valence-electron chi connectivity index (χ4n) is 1.82. The van der Waals surface area contributed by atoms with Crippen molar-refractivity contribution in [2.75, 3.05) is 14.2 Å². The Morgan fingerprint density at radius 3 is 2.81 bits per heavy atom. The summed E-state index contributed by atoms with van der Waals surface area (Å²) in [5, 5.41) is 3.07. The third-order valence-electron chi connectivity index (χ3n) is 2.70. The van der Waals surface area contributed by atoms with Gasteiger partial charge in [0.05, 0.1) is 7.11 Å². The maximum Gasteiger partial charge on any atom is 0.376 e. The zero-order valence-corrected chi connectivity index (χ0v) is 12.2. The molecule has 0 atom stereocenters. The minimum atomic E-state index is -0.590. The fraction of sp³-hybridized carbons (Fsp3) is 0.267. The molecule has 0 fully saturated rings. The number of benzene rings is 1. The van der Waals surface area contributed by atoms with Crippen molar-refractivity contribution >= 4 is 5.97 Å². The zero-order chi connectivity index (χ0) is 15.2. The number of nitrogens with one attached hydrogen (secondary N) is 1. The first-order valence-electron chi connectivity index (χ1n) is 6.47. The molecule has 1 N–H and O–H groups in total. The molecular formula is C15H17N3O3. The Hall–Kier alpha value is -2.47. The molecule has 6 nitrogen and oxygen atoms in total. The molecule has 110 valence electrons. The second-order valence-electron chi connectivity index (χ2n) is 4.44. The number of carbonyl (C=O) groups is 1. The van der Waals surface area contributed by atoms with Gasteiger partial charge in [-0.15, -0.1) is 0 Å². The van der Waals surface area contributed by atoms with Gasteiger partial charge in [-0.2, -0.15) is 4.98 Å². The largest absolute Gasteiger partial charge is 0.463 e. The number of aromatic nitrogens is 2. The first-order chi connectivity index (χ1) is 10.1. The molecule has 0 saturated heterocycles. The van der Waals surface area contributed by atoms with E-state index in [1.165, 1.54) is 7.11 Å². The highest BCUT2D eigenvalue weighted by molar-refractivity contribution is 5.85. The van der Waals surface area contributed by atoms with Gasteiger partial charge in [0.1, 0.15) is 5.75 Å². The van der Waals surface area contributed by atoms with E-state index in [-0.39, 0.29) is 5.82 Å². The molecule has 1 aromatic heterocycles. The van der Waals surface area contributed by atoms with E-state index in [0.717, 1.165) is 12.1 Å². The smallest absolute Gasteiger partial charge is 0.376 e. The van der Waals surface area contributed by atoms with Crippen LogP contribution in [0.25, 0.3) is 0 Å². The average Bonchev–Trinajstić information content (AvgIpc) is 2.46. The molecule has 0 spiro atoms. The van der Waals surface area contributed by atoms with E-state index in [0.29, 0.717) is 17.3 Å². The normalized spacial score (nSPS) is 10.2. The molecule has 0 aliphatic heterocycles. The Morgan fingerprint density at radius 1 is 1.29 bits per heavy atom. The Bertz CT molecular complexity index is 644. The molecule has 0 aliphatic carbocycles. The number of esters is 1. The lowest BCUT2D eigenvalue weighted by molar-refractivity contribution is 0.0585.